The Hall–Kier alpha value is -3.74. The number of hydrogen-bond donors (Lipinski definition) is 1. The number of benzene rings is 2. The van der Waals surface area contributed by atoms with Crippen molar-refractivity contribution in [3.05, 3.63) is 66.2 Å². The molecule has 1 aliphatic heterocycles. The molecule has 0 aliphatic carbocycles. The van der Waals surface area contributed by atoms with E-state index in [1.54, 1.807) is 36.4 Å². The molecule has 1 heterocycles. The van der Waals surface area contributed by atoms with E-state index in [9.17, 15) is 19.2 Å². The van der Waals surface area contributed by atoms with E-state index in [1.165, 1.54) is 6.92 Å². The molecule has 1 fully saturated rings. The number of amides is 3. The van der Waals surface area contributed by atoms with Crippen LogP contribution >= 0.6 is 0 Å². The third kappa shape index (κ3) is 5.55. The summed E-state index contributed by atoms with van der Waals surface area (Å²) in [5.74, 6) is -2.77. The Morgan fingerprint density at radius 3 is 2.48 bits per heavy atom. The van der Waals surface area contributed by atoms with E-state index in [0.717, 1.165) is 16.0 Å². The van der Waals surface area contributed by atoms with Crippen molar-refractivity contribution in [3.63, 3.8) is 0 Å². The van der Waals surface area contributed by atoms with Gasteiger partial charge >= 0.3 is 0 Å². The number of ketones is 1. The zero-order chi connectivity index (χ0) is 24.1. The van der Waals surface area contributed by atoms with Gasteiger partial charge in [0, 0.05) is 18.0 Å². The minimum Gasteiger partial charge on any atom is -0.490 e. The smallest absolute Gasteiger partial charge is 0.237 e. The van der Waals surface area contributed by atoms with Gasteiger partial charge in [0.25, 0.3) is 0 Å². The highest BCUT2D eigenvalue weighted by Crippen LogP contribution is 2.32. The SMILES string of the molecule is C=CCOc1ccc(N2C(=O)CC(CC(C(C)=O)C(=O)Nc3ccc(C)cc3C)C2=O)cc1. The molecule has 7 nitrogen and oxygen atoms in total. The first-order valence-electron chi connectivity index (χ1n) is 10.8. The topological polar surface area (TPSA) is 92.8 Å². The number of carbonyl (C=O) groups excluding carboxylic acids is 4. The third-order valence-electron chi connectivity index (χ3n) is 5.67. The van der Waals surface area contributed by atoms with E-state index in [4.69, 9.17) is 4.74 Å². The average molecular weight is 449 g/mol. The fourth-order valence-corrected chi connectivity index (χ4v) is 3.91. The molecule has 3 amide bonds. The minimum atomic E-state index is -1.03. The van der Waals surface area contributed by atoms with Crippen molar-refractivity contribution in [2.24, 2.45) is 11.8 Å². The Morgan fingerprint density at radius 1 is 1.18 bits per heavy atom. The molecule has 2 aromatic carbocycles. The third-order valence-corrected chi connectivity index (χ3v) is 5.67. The van der Waals surface area contributed by atoms with Crippen LogP contribution in [0.5, 0.6) is 5.75 Å². The predicted octanol–water partition coefficient (Wildman–Crippen LogP) is 3.98. The van der Waals surface area contributed by atoms with Crippen LogP contribution in [0.25, 0.3) is 0 Å². The summed E-state index contributed by atoms with van der Waals surface area (Å²) in [6.45, 7) is 9.09. The number of ether oxygens (including phenoxy) is 1. The molecule has 7 heteroatoms. The Bertz CT molecular complexity index is 1090. The maximum absolute atomic E-state index is 13.0. The maximum Gasteiger partial charge on any atom is 0.237 e. The van der Waals surface area contributed by atoms with Gasteiger partial charge in [-0.15, -0.1) is 0 Å². The average Bonchev–Trinajstić information content (AvgIpc) is 3.05. The van der Waals surface area contributed by atoms with E-state index >= 15 is 0 Å². The van der Waals surface area contributed by atoms with Crippen molar-refractivity contribution < 1.29 is 23.9 Å². The molecule has 0 saturated carbocycles. The zero-order valence-electron chi connectivity index (χ0n) is 19.1. The minimum absolute atomic E-state index is 0.0202. The van der Waals surface area contributed by atoms with Gasteiger partial charge < -0.3 is 10.1 Å². The number of nitrogens with one attached hydrogen (secondary N) is 1. The summed E-state index contributed by atoms with van der Waals surface area (Å²) in [6, 6.07) is 12.2. The van der Waals surface area contributed by atoms with Gasteiger partial charge in [0.15, 0.2) is 0 Å². The molecule has 1 N–H and O–H groups in total. The Morgan fingerprint density at radius 2 is 1.88 bits per heavy atom. The molecule has 0 aromatic heterocycles. The van der Waals surface area contributed by atoms with Crippen molar-refractivity contribution in [1.82, 2.24) is 0 Å². The molecular formula is C26H28N2O5. The van der Waals surface area contributed by atoms with Crippen molar-refractivity contribution in [3.8, 4) is 5.75 Å². The monoisotopic (exact) mass is 448 g/mol. The molecule has 0 radical (unpaired) electrons. The Kier molecular flexibility index (Phi) is 7.43. The van der Waals surface area contributed by atoms with Crippen LogP contribution in [0.4, 0.5) is 11.4 Å². The molecule has 3 rings (SSSR count). The summed E-state index contributed by atoms with van der Waals surface area (Å²) in [5.41, 5.74) is 2.98. The van der Waals surface area contributed by atoms with Crippen molar-refractivity contribution in [1.29, 1.82) is 0 Å². The highest BCUT2D eigenvalue weighted by atomic mass is 16.5. The second-order valence-electron chi connectivity index (χ2n) is 8.27. The molecule has 1 aliphatic rings. The van der Waals surface area contributed by atoms with Crippen LogP contribution in [0.2, 0.25) is 0 Å². The van der Waals surface area contributed by atoms with Gasteiger partial charge in [-0.3, -0.25) is 24.1 Å². The van der Waals surface area contributed by atoms with Gasteiger partial charge in [-0.2, -0.15) is 0 Å². The Balaban J connectivity index is 1.72. The summed E-state index contributed by atoms with van der Waals surface area (Å²) >= 11 is 0. The summed E-state index contributed by atoms with van der Waals surface area (Å²) in [7, 11) is 0. The van der Waals surface area contributed by atoms with Crippen LogP contribution in [0.1, 0.15) is 30.9 Å². The van der Waals surface area contributed by atoms with Gasteiger partial charge in [-0.05, 0) is 63.1 Å². The van der Waals surface area contributed by atoms with Crippen LogP contribution in [-0.2, 0) is 19.2 Å². The lowest BCUT2D eigenvalue weighted by Crippen LogP contribution is -2.34. The number of hydrogen-bond acceptors (Lipinski definition) is 5. The second-order valence-corrected chi connectivity index (χ2v) is 8.27. The van der Waals surface area contributed by atoms with Crippen molar-refractivity contribution >= 4 is 34.9 Å². The highest BCUT2D eigenvalue weighted by Gasteiger charge is 2.42. The number of aryl methyl sites for hydroxylation is 2. The fourth-order valence-electron chi connectivity index (χ4n) is 3.91. The number of anilines is 2. The summed E-state index contributed by atoms with van der Waals surface area (Å²) in [5, 5.41) is 2.79. The molecule has 0 bridgehead atoms. The van der Waals surface area contributed by atoms with Crippen LogP contribution in [0.3, 0.4) is 0 Å². The standard InChI is InChI=1S/C26H28N2O5/c1-5-12-33-21-9-7-20(8-10-21)28-24(30)15-19(26(28)32)14-22(18(4)29)25(31)27-23-11-6-16(2)13-17(23)3/h5-11,13,19,22H,1,12,14-15H2,2-4H3,(H,27,31). The number of nitrogens with zero attached hydrogens (tertiary/aromatic N) is 1. The van der Waals surface area contributed by atoms with E-state index in [2.05, 4.69) is 11.9 Å². The molecule has 0 spiro atoms. The first-order valence-corrected chi connectivity index (χ1v) is 10.8. The zero-order valence-corrected chi connectivity index (χ0v) is 19.1. The van der Waals surface area contributed by atoms with E-state index in [-0.39, 0.29) is 24.5 Å². The fraction of sp³-hybridized carbons (Fsp3) is 0.308. The normalized spacial score (nSPS) is 16.5. The van der Waals surface area contributed by atoms with E-state index in [1.807, 2.05) is 26.0 Å². The second kappa shape index (κ2) is 10.3. The largest absolute Gasteiger partial charge is 0.490 e. The summed E-state index contributed by atoms with van der Waals surface area (Å²) in [6.07, 6.45) is 1.55. The van der Waals surface area contributed by atoms with Gasteiger partial charge in [0.2, 0.25) is 17.7 Å². The van der Waals surface area contributed by atoms with Crippen molar-refractivity contribution in [2.45, 2.75) is 33.6 Å². The van der Waals surface area contributed by atoms with Gasteiger partial charge in [-0.1, -0.05) is 30.4 Å². The maximum atomic E-state index is 13.0. The van der Waals surface area contributed by atoms with Crippen LogP contribution in [-0.4, -0.2) is 30.1 Å². The van der Waals surface area contributed by atoms with Crippen LogP contribution in [0.15, 0.2) is 55.1 Å². The molecule has 33 heavy (non-hydrogen) atoms. The lowest BCUT2D eigenvalue weighted by Gasteiger charge is -2.19. The predicted molar refractivity (Wildman–Crippen MR) is 126 cm³/mol. The molecular weight excluding hydrogens is 420 g/mol. The van der Waals surface area contributed by atoms with Gasteiger partial charge in [-0.25, -0.2) is 0 Å². The molecule has 2 unspecified atom stereocenters. The van der Waals surface area contributed by atoms with Gasteiger partial charge in [0.1, 0.15) is 18.1 Å². The van der Waals surface area contributed by atoms with E-state index < -0.39 is 23.7 Å². The Labute approximate surface area is 193 Å². The van der Waals surface area contributed by atoms with Crippen LogP contribution < -0.4 is 15.0 Å². The number of carbonyl (C=O) groups is 4. The number of imide groups is 1. The van der Waals surface area contributed by atoms with Crippen LogP contribution in [0, 0.1) is 25.7 Å². The molecule has 2 aromatic rings. The first kappa shape index (κ1) is 23.9. The molecule has 2 atom stereocenters. The summed E-state index contributed by atoms with van der Waals surface area (Å²) < 4.78 is 5.43. The lowest BCUT2D eigenvalue weighted by atomic mass is 9.89. The summed E-state index contributed by atoms with van der Waals surface area (Å²) in [4.78, 5) is 51.9. The highest BCUT2D eigenvalue weighted by molar-refractivity contribution is 6.21. The van der Waals surface area contributed by atoms with Crippen molar-refractivity contribution in [2.75, 3.05) is 16.8 Å². The quantitative estimate of drug-likeness (QED) is 0.356. The lowest BCUT2D eigenvalue weighted by molar-refractivity contribution is -0.131. The van der Waals surface area contributed by atoms with E-state index in [0.29, 0.717) is 23.7 Å². The first-order chi connectivity index (χ1) is 15.7. The molecule has 172 valence electrons. The number of rotatable bonds is 9. The number of Topliss-reactive ketones (excluding diaryl/α,β-unsaturated/α-hetero) is 1. The van der Waals surface area contributed by atoms with Gasteiger partial charge in [0.05, 0.1) is 11.6 Å². The molecule has 1 saturated heterocycles.